The van der Waals surface area contributed by atoms with E-state index in [0.717, 1.165) is 22.9 Å². The van der Waals surface area contributed by atoms with Crippen LogP contribution in [0.3, 0.4) is 0 Å². The molecule has 10 heteroatoms. The second-order valence-corrected chi connectivity index (χ2v) is 11.2. The average Bonchev–Trinajstić information content (AvgIpc) is 2.94. The summed E-state index contributed by atoms with van der Waals surface area (Å²) in [5, 5.41) is 2.77. The highest BCUT2D eigenvalue weighted by Gasteiger charge is 2.50. The Balaban J connectivity index is 1.61. The zero-order valence-corrected chi connectivity index (χ0v) is 23.4. The first-order valence-electron chi connectivity index (χ1n) is 13.0. The van der Waals surface area contributed by atoms with Crippen molar-refractivity contribution in [1.29, 1.82) is 0 Å². The Morgan fingerprint density at radius 1 is 0.775 bits per heavy atom. The maximum atomic E-state index is 12.4. The van der Waals surface area contributed by atoms with Crippen molar-refractivity contribution >= 4 is 16.0 Å². The Kier molecular flexibility index (Phi) is 10.8. The molecule has 0 bridgehead atoms. The van der Waals surface area contributed by atoms with Gasteiger partial charge >= 0.3 is 0 Å². The third-order valence-corrected chi connectivity index (χ3v) is 6.81. The molecule has 0 saturated carbocycles. The normalized spacial score (nSPS) is 23.0. The van der Waals surface area contributed by atoms with Gasteiger partial charge in [-0.25, -0.2) is 0 Å². The van der Waals surface area contributed by atoms with Crippen LogP contribution in [0.25, 0.3) is 0 Å². The van der Waals surface area contributed by atoms with Crippen molar-refractivity contribution in [1.82, 2.24) is 5.32 Å². The summed E-state index contributed by atoms with van der Waals surface area (Å²) in [6.45, 7) is 2.04. The molecule has 5 atom stereocenters. The lowest BCUT2D eigenvalue weighted by molar-refractivity contribution is -0.281. The Morgan fingerprint density at radius 3 is 1.77 bits per heavy atom. The van der Waals surface area contributed by atoms with Crippen molar-refractivity contribution in [2.24, 2.45) is 0 Å². The van der Waals surface area contributed by atoms with Gasteiger partial charge in [-0.3, -0.25) is 8.98 Å². The largest absolute Gasteiger partial charge is 0.374 e. The minimum absolute atomic E-state index is 0.0654. The number of benzene rings is 3. The van der Waals surface area contributed by atoms with E-state index < -0.39 is 46.7 Å². The maximum absolute atomic E-state index is 12.4. The van der Waals surface area contributed by atoms with Crippen molar-refractivity contribution in [3.05, 3.63) is 108 Å². The monoisotopic (exact) mass is 569 g/mol. The summed E-state index contributed by atoms with van der Waals surface area (Å²) in [5.41, 5.74) is 2.73. The molecular formula is C30H35NO8S. The second kappa shape index (κ2) is 14.5. The van der Waals surface area contributed by atoms with Crippen molar-refractivity contribution in [3.8, 4) is 0 Å². The highest BCUT2D eigenvalue weighted by Crippen LogP contribution is 2.30. The third kappa shape index (κ3) is 9.22. The molecule has 3 aromatic carbocycles. The number of rotatable bonds is 13. The van der Waals surface area contributed by atoms with Gasteiger partial charge in [0.1, 0.15) is 24.4 Å². The molecule has 1 N–H and O–H groups in total. The number of ether oxygens (including phenoxy) is 4. The number of nitrogens with one attached hydrogen (secondary N) is 1. The molecule has 0 radical (unpaired) electrons. The zero-order valence-electron chi connectivity index (χ0n) is 22.5. The minimum atomic E-state index is -3.97. The molecule has 1 heterocycles. The van der Waals surface area contributed by atoms with Gasteiger partial charge in [-0.15, -0.1) is 0 Å². The van der Waals surface area contributed by atoms with Crippen LogP contribution in [0.2, 0.25) is 0 Å². The molecule has 3 aromatic rings. The lowest BCUT2D eigenvalue weighted by Crippen LogP contribution is -2.66. The van der Waals surface area contributed by atoms with E-state index in [-0.39, 0.29) is 19.8 Å². The average molecular weight is 570 g/mol. The lowest BCUT2D eigenvalue weighted by Gasteiger charge is -2.45. The van der Waals surface area contributed by atoms with E-state index in [4.69, 9.17) is 23.1 Å². The number of amides is 1. The van der Waals surface area contributed by atoms with Gasteiger partial charge in [0.25, 0.3) is 10.1 Å². The fourth-order valence-electron chi connectivity index (χ4n) is 4.47. The van der Waals surface area contributed by atoms with E-state index in [1.54, 1.807) is 0 Å². The number of carbonyl (C=O) groups is 1. The van der Waals surface area contributed by atoms with Gasteiger partial charge in [0.15, 0.2) is 6.29 Å². The van der Waals surface area contributed by atoms with Gasteiger partial charge < -0.3 is 24.3 Å². The highest BCUT2D eigenvalue weighted by molar-refractivity contribution is 7.86. The lowest BCUT2D eigenvalue weighted by atomic mass is 9.96. The second-order valence-electron chi connectivity index (χ2n) is 9.59. The first-order valence-corrected chi connectivity index (χ1v) is 14.8. The van der Waals surface area contributed by atoms with Gasteiger partial charge in [-0.05, 0) is 16.7 Å². The minimum Gasteiger partial charge on any atom is -0.374 e. The van der Waals surface area contributed by atoms with E-state index in [1.165, 1.54) is 6.92 Å². The Hall–Kier alpha value is -3.12. The van der Waals surface area contributed by atoms with E-state index in [0.29, 0.717) is 6.61 Å². The summed E-state index contributed by atoms with van der Waals surface area (Å²) < 4.78 is 55.2. The fraction of sp³-hybridized carbons (Fsp3) is 0.367. The SMILES string of the molecule is CC(=O)N[C@H]1[C@@H](OCc2ccccc2)O[C@H](COCc2ccccc2)[C@@H](OCc2ccccc2)[C@H]1OS(C)(=O)=O. The molecular weight excluding hydrogens is 534 g/mol. The Labute approximate surface area is 235 Å². The summed E-state index contributed by atoms with van der Waals surface area (Å²) in [5.74, 6) is -0.399. The predicted molar refractivity (Wildman–Crippen MR) is 148 cm³/mol. The van der Waals surface area contributed by atoms with Crippen LogP contribution in [-0.2, 0) is 57.9 Å². The van der Waals surface area contributed by atoms with Crippen LogP contribution in [-0.4, -0.2) is 57.8 Å². The van der Waals surface area contributed by atoms with Crippen LogP contribution in [0.4, 0.5) is 0 Å². The quantitative estimate of drug-likeness (QED) is 0.311. The van der Waals surface area contributed by atoms with Crippen LogP contribution in [0, 0.1) is 0 Å². The molecule has 4 rings (SSSR count). The van der Waals surface area contributed by atoms with Gasteiger partial charge in [-0.2, -0.15) is 8.42 Å². The van der Waals surface area contributed by atoms with Crippen LogP contribution >= 0.6 is 0 Å². The molecule has 0 spiro atoms. The van der Waals surface area contributed by atoms with E-state index in [9.17, 15) is 13.2 Å². The number of hydrogen-bond acceptors (Lipinski definition) is 8. The zero-order chi connectivity index (χ0) is 28.4. The molecule has 0 aromatic heterocycles. The van der Waals surface area contributed by atoms with Crippen LogP contribution in [0.15, 0.2) is 91.0 Å². The number of hydrogen-bond donors (Lipinski definition) is 1. The number of carbonyl (C=O) groups excluding carboxylic acids is 1. The van der Waals surface area contributed by atoms with Crippen LogP contribution in [0.1, 0.15) is 23.6 Å². The Morgan fingerprint density at radius 2 is 1.27 bits per heavy atom. The first kappa shape index (κ1) is 29.9. The molecule has 1 fully saturated rings. The van der Waals surface area contributed by atoms with Crippen molar-refractivity contribution < 1.29 is 36.3 Å². The molecule has 1 aliphatic heterocycles. The molecule has 40 heavy (non-hydrogen) atoms. The van der Waals surface area contributed by atoms with Gasteiger partial charge in [-0.1, -0.05) is 91.0 Å². The summed E-state index contributed by atoms with van der Waals surface area (Å²) >= 11 is 0. The van der Waals surface area contributed by atoms with Gasteiger partial charge in [0, 0.05) is 6.92 Å². The standard InChI is InChI=1S/C30H35NO8S/c1-22(32)31-27-29(39-40(2,33)34)28(36-19-24-14-8-4-9-15-24)26(21-35-18-23-12-6-3-7-13-23)38-30(27)37-20-25-16-10-5-11-17-25/h3-17,26-30H,18-21H2,1-2H3,(H,31,32)/t26-,27-,28-,29+,30+/m1/s1. The van der Waals surface area contributed by atoms with E-state index in [1.807, 2.05) is 91.0 Å². The third-order valence-electron chi connectivity index (χ3n) is 6.24. The molecule has 1 saturated heterocycles. The van der Waals surface area contributed by atoms with Crippen LogP contribution < -0.4 is 5.32 Å². The van der Waals surface area contributed by atoms with Crippen molar-refractivity contribution in [2.75, 3.05) is 12.9 Å². The van der Waals surface area contributed by atoms with E-state index >= 15 is 0 Å². The summed E-state index contributed by atoms with van der Waals surface area (Å²) in [6.07, 6.45) is -2.92. The summed E-state index contributed by atoms with van der Waals surface area (Å²) in [7, 11) is -3.97. The molecule has 9 nitrogen and oxygen atoms in total. The van der Waals surface area contributed by atoms with Gasteiger partial charge in [0.05, 0.1) is 32.7 Å². The molecule has 0 aliphatic carbocycles. The Bertz CT molecular complexity index is 1290. The highest BCUT2D eigenvalue weighted by atomic mass is 32.2. The maximum Gasteiger partial charge on any atom is 0.264 e. The molecule has 1 aliphatic rings. The van der Waals surface area contributed by atoms with Crippen molar-refractivity contribution in [3.63, 3.8) is 0 Å². The smallest absolute Gasteiger partial charge is 0.264 e. The fourth-order valence-corrected chi connectivity index (χ4v) is 5.11. The first-order chi connectivity index (χ1) is 19.3. The van der Waals surface area contributed by atoms with Crippen molar-refractivity contribution in [2.45, 2.75) is 57.4 Å². The molecule has 1 amide bonds. The molecule has 0 unspecified atom stereocenters. The predicted octanol–water partition coefficient (Wildman–Crippen LogP) is 3.58. The van der Waals surface area contributed by atoms with E-state index in [2.05, 4.69) is 5.32 Å². The summed E-state index contributed by atoms with van der Waals surface area (Å²) in [4.78, 5) is 12.2. The molecule has 214 valence electrons. The van der Waals surface area contributed by atoms with Crippen LogP contribution in [0.5, 0.6) is 0 Å². The van der Waals surface area contributed by atoms with Gasteiger partial charge in [0.2, 0.25) is 5.91 Å². The summed E-state index contributed by atoms with van der Waals surface area (Å²) in [6, 6.07) is 27.6. The topological polar surface area (TPSA) is 109 Å².